The van der Waals surface area contributed by atoms with Crippen LogP contribution in [0.5, 0.6) is 0 Å². The summed E-state index contributed by atoms with van der Waals surface area (Å²) in [6.45, 7) is 7.62. The summed E-state index contributed by atoms with van der Waals surface area (Å²) in [6, 6.07) is 4.90. The van der Waals surface area contributed by atoms with E-state index in [1.54, 1.807) is 17.4 Å². The minimum atomic E-state index is -0.251. The molecule has 0 amide bonds. The fourth-order valence-corrected chi connectivity index (χ4v) is 2.67. The Kier molecular flexibility index (Phi) is 4.71. The molecule has 19 heavy (non-hydrogen) atoms. The van der Waals surface area contributed by atoms with E-state index in [-0.39, 0.29) is 11.9 Å². The van der Waals surface area contributed by atoms with E-state index >= 15 is 0 Å². The molecule has 1 heterocycles. The largest absolute Gasteiger partial charge is 0.380 e. The number of hydrogen-bond acceptors (Lipinski definition) is 4. The van der Waals surface area contributed by atoms with Crippen LogP contribution in [-0.4, -0.2) is 24.2 Å². The standard InChI is InChI=1S/C14H19FN2OS/c1-4-18-8-12(9(2)3)17-14-16-11-7-10(15)5-6-13(11)19-14/h5-7,9,12H,4,8H2,1-3H3,(H,16,17). The van der Waals surface area contributed by atoms with Gasteiger partial charge in [-0.05, 0) is 25.0 Å². The lowest BCUT2D eigenvalue weighted by atomic mass is 10.1. The van der Waals surface area contributed by atoms with Gasteiger partial charge < -0.3 is 10.1 Å². The van der Waals surface area contributed by atoms with Crippen molar-refractivity contribution in [1.82, 2.24) is 4.98 Å². The van der Waals surface area contributed by atoms with E-state index < -0.39 is 0 Å². The molecule has 0 aliphatic rings. The van der Waals surface area contributed by atoms with Crippen molar-refractivity contribution in [3.05, 3.63) is 24.0 Å². The van der Waals surface area contributed by atoms with Crippen molar-refractivity contribution in [3.63, 3.8) is 0 Å². The third kappa shape index (κ3) is 3.64. The molecule has 0 saturated carbocycles. The maximum absolute atomic E-state index is 13.1. The molecule has 2 aromatic rings. The number of hydrogen-bond donors (Lipinski definition) is 1. The average Bonchev–Trinajstić information content (AvgIpc) is 2.75. The van der Waals surface area contributed by atoms with Crippen LogP contribution in [0.1, 0.15) is 20.8 Å². The van der Waals surface area contributed by atoms with E-state index in [1.807, 2.05) is 6.92 Å². The first kappa shape index (κ1) is 14.2. The second-order valence-electron chi connectivity index (χ2n) is 4.79. The van der Waals surface area contributed by atoms with Gasteiger partial charge in [0.1, 0.15) is 5.82 Å². The van der Waals surface area contributed by atoms with Gasteiger partial charge in [0.2, 0.25) is 0 Å². The number of nitrogens with zero attached hydrogens (tertiary/aromatic N) is 1. The van der Waals surface area contributed by atoms with E-state index in [2.05, 4.69) is 24.1 Å². The predicted molar refractivity (Wildman–Crippen MR) is 78.3 cm³/mol. The average molecular weight is 282 g/mol. The molecule has 3 nitrogen and oxygen atoms in total. The van der Waals surface area contributed by atoms with Crippen LogP contribution in [0.25, 0.3) is 10.2 Å². The lowest BCUT2D eigenvalue weighted by molar-refractivity contribution is 0.127. The SMILES string of the molecule is CCOCC(Nc1nc2cc(F)ccc2s1)C(C)C. The third-order valence-corrected chi connectivity index (χ3v) is 3.93. The number of nitrogens with one attached hydrogen (secondary N) is 1. The first-order valence-electron chi connectivity index (χ1n) is 6.50. The van der Waals surface area contributed by atoms with Crippen LogP contribution in [0.2, 0.25) is 0 Å². The Bertz CT molecular complexity index is 541. The van der Waals surface area contributed by atoms with E-state index in [0.717, 1.165) is 9.83 Å². The van der Waals surface area contributed by atoms with Crippen LogP contribution in [0.15, 0.2) is 18.2 Å². The molecule has 0 bridgehead atoms. The third-order valence-electron chi connectivity index (χ3n) is 2.96. The number of fused-ring (bicyclic) bond motifs is 1. The summed E-state index contributed by atoms with van der Waals surface area (Å²) >= 11 is 1.54. The van der Waals surface area contributed by atoms with Gasteiger partial charge in [-0.2, -0.15) is 0 Å². The quantitative estimate of drug-likeness (QED) is 0.872. The molecule has 1 atom stereocenters. The van der Waals surface area contributed by atoms with Crippen LogP contribution in [-0.2, 0) is 4.74 Å². The van der Waals surface area contributed by atoms with Crippen molar-refractivity contribution in [2.75, 3.05) is 18.5 Å². The molecule has 5 heteroatoms. The zero-order valence-corrected chi connectivity index (χ0v) is 12.3. The van der Waals surface area contributed by atoms with Gasteiger partial charge in [-0.25, -0.2) is 9.37 Å². The van der Waals surface area contributed by atoms with Crippen molar-refractivity contribution in [2.24, 2.45) is 5.92 Å². The Balaban J connectivity index is 2.14. The summed E-state index contributed by atoms with van der Waals surface area (Å²) in [6.07, 6.45) is 0. The smallest absolute Gasteiger partial charge is 0.184 e. The molecule has 0 spiro atoms. The van der Waals surface area contributed by atoms with Gasteiger partial charge in [0.15, 0.2) is 5.13 Å². The van der Waals surface area contributed by atoms with Crippen LogP contribution in [0.3, 0.4) is 0 Å². The summed E-state index contributed by atoms with van der Waals surface area (Å²) in [7, 11) is 0. The lowest BCUT2D eigenvalue weighted by Gasteiger charge is -2.21. The summed E-state index contributed by atoms with van der Waals surface area (Å²) < 4.78 is 19.6. The molecule has 0 aliphatic heterocycles. The number of thiazole rings is 1. The van der Waals surface area contributed by atoms with E-state index in [1.165, 1.54) is 12.1 Å². The van der Waals surface area contributed by atoms with Crippen LogP contribution >= 0.6 is 11.3 Å². The van der Waals surface area contributed by atoms with E-state index in [9.17, 15) is 4.39 Å². The second-order valence-corrected chi connectivity index (χ2v) is 5.82. The normalized spacial score (nSPS) is 13.1. The number of benzene rings is 1. The molecule has 1 N–H and O–H groups in total. The first-order valence-corrected chi connectivity index (χ1v) is 7.32. The number of rotatable bonds is 6. The van der Waals surface area contributed by atoms with Gasteiger partial charge in [-0.15, -0.1) is 0 Å². The van der Waals surface area contributed by atoms with Gasteiger partial charge in [-0.1, -0.05) is 25.2 Å². The Morgan fingerprint density at radius 3 is 2.89 bits per heavy atom. The van der Waals surface area contributed by atoms with Crippen molar-refractivity contribution in [2.45, 2.75) is 26.8 Å². The van der Waals surface area contributed by atoms with Crippen molar-refractivity contribution in [3.8, 4) is 0 Å². The maximum atomic E-state index is 13.1. The number of ether oxygens (including phenoxy) is 1. The molecule has 0 saturated heterocycles. The molecule has 1 unspecified atom stereocenters. The molecule has 0 radical (unpaired) electrons. The fourth-order valence-electron chi connectivity index (χ4n) is 1.77. The lowest BCUT2D eigenvalue weighted by Crippen LogP contribution is -2.30. The molecule has 104 valence electrons. The number of anilines is 1. The van der Waals surface area contributed by atoms with Gasteiger partial charge in [-0.3, -0.25) is 0 Å². The van der Waals surface area contributed by atoms with Crippen LogP contribution in [0, 0.1) is 11.7 Å². The van der Waals surface area contributed by atoms with Gasteiger partial charge in [0.05, 0.1) is 22.9 Å². The highest BCUT2D eigenvalue weighted by molar-refractivity contribution is 7.22. The summed E-state index contributed by atoms with van der Waals surface area (Å²) in [5, 5.41) is 4.20. The second kappa shape index (κ2) is 6.30. The van der Waals surface area contributed by atoms with Crippen molar-refractivity contribution >= 4 is 26.7 Å². The Labute approximate surface area is 116 Å². The molecule has 1 aromatic heterocycles. The number of aromatic nitrogens is 1. The maximum Gasteiger partial charge on any atom is 0.184 e. The highest BCUT2D eigenvalue weighted by atomic mass is 32.1. The minimum absolute atomic E-state index is 0.213. The molecular formula is C14H19FN2OS. The molecule has 0 aliphatic carbocycles. The first-order chi connectivity index (χ1) is 9.10. The highest BCUT2D eigenvalue weighted by Gasteiger charge is 2.15. The minimum Gasteiger partial charge on any atom is -0.380 e. The monoisotopic (exact) mass is 282 g/mol. The van der Waals surface area contributed by atoms with Crippen LogP contribution in [0.4, 0.5) is 9.52 Å². The van der Waals surface area contributed by atoms with Crippen molar-refractivity contribution < 1.29 is 9.13 Å². The molecular weight excluding hydrogens is 263 g/mol. The molecule has 2 rings (SSSR count). The van der Waals surface area contributed by atoms with E-state index in [4.69, 9.17) is 4.74 Å². The Morgan fingerprint density at radius 2 is 2.21 bits per heavy atom. The Hall–Kier alpha value is -1.20. The van der Waals surface area contributed by atoms with E-state index in [0.29, 0.717) is 24.6 Å². The number of halogens is 1. The molecule has 1 aromatic carbocycles. The summed E-state index contributed by atoms with van der Waals surface area (Å²) in [5.41, 5.74) is 0.700. The zero-order valence-electron chi connectivity index (χ0n) is 11.4. The fraction of sp³-hybridized carbons (Fsp3) is 0.500. The topological polar surface area (TPSA) is 34.1 Å². The summed E-state index contributed by atoms with van der Waals surface area (Å²) in [5.74, 6) is 0.189. The predicted octanol–water partition coefficient (Wildman–Crippen LogP) is 3.91. The molecule has 0 fully saturated rings. The van der Waals surface area contributed by atoms with Gasteiger partial charge in [0.25, 0.3) is 0 Å². The van der Waals surface area contributed by atoms with Gasteiger partial charge >= 0.3 is 0 Å². The van der Waals surface area contributed by atoms with Gasteiger partial charge in [0, 0.05) is 12.7 Å². The Morgan fingerprint density at radius 1 is 1.42 bits per heavy atom. The zero-order chi connectivity index (χ0) is 13.8. The van der Waals surface area contributed by atoms with Crippen molar-refractivity contribution in [1.29, 1.82) is 0 Å². The highest BCUT2D eigenvalue weighted by Crippen LogP contribution is 2.27. The van der Waals surface area contributed by atoms with Crippen LogP contribution < -0.4 is 5.32 Å². The summed E-state index contributed by atoms with van der Waals surface area (Å²) in [4.78, 5) is 4.42.